The third-order valence-corrected chi connectivity index (χ3v) is 4.69. The minimum absolute atomic E-state index is 0. The van der Waals surface area contributed by atoms with Crippen LogP contribution in [-0.2, 0) is 6.54 Å². The number of likely N-dealkylation sites (tertiary alicyclic amines) is 1. The molecule has 0 aliphatic carbocycles. The van der Waals surface area contributed by atoms with Crippen molar-refractivity contribution >= 4 is 24.0 Å². The molecule has 1 aliphatic rings. The Morgan fingerprint density at radius 1 is 1.13 bits per heavy atom. The highest BCUT2D eigenvalue weighted by Gasteiger charge is 2.32. The molecule has 0 spiro atoms. The highest BCUT2D eigenvalue weighted by molar-refractivity contribution is 6.30. The minimum Gasteiger partial charge on any atom is -0.330 e. The number of benzene rings is 2. The lowest BCUT2D eigenvalue weighted by atomic mass is 9.89. The van der Waals surface area contributed by atoms with E-state index in [9.17, 15) is 4.39 Å². The Hall–Kier alpha value is -1.13. The lowest BCUT2D eigenvalue weighted by Gasteiger charge is -2.17. The van der Waals surface area contributed by atoms with Crippen LogP contribution < -0.4 is 5.73 Å². The molecule has 0 bridgehead atoms. The van der Waals surface area contributed by atoms with Crippen molar-refractivity contribution in [3.63, 3.8) is 0 Å². The summed E-state index contributed by atoms with van der Waals surface area (Å²) in [6.07, 6.45) is 0. The van der Waals surface area contributed by atoms with Crippen molar-refractivity contribution in [3.8, 4) is 0 Å². The molecule has 5 heteroatoms. The molecule has 0 unspecified atom stereocenters. The van der Waals surface area contributed by atoms with Gasteiger partial charge in [0.2, 0.25) is 0 Å². The van der Waals surface area contributed by atoms with Gasteiger partial charge in [0.15, 0.2) is 0 Å². The van der Waals surface area contributed by atoms with Gasteiger partial charge in [-0.15, -0.1) is 12.4 Å². The maximum absolute atomic E-state index is 14.0. The number of nitrogens with zero attached hydrogens (tertiary/aromatic N) is 1. The fourth-order valence-corrected chi connectivity index (χ4v) is 3.46. The number of rotatable bonds is 4. The molecule has 0 radical (unpaired) electrons. The van der Waals surface area contributed by atoms with Gasteiger partial charge in [0.05, 0.1) is 0 Å². The van der Waals surface area contributed by atoms with Crippen molar-refractivity contribution in [1.29, 1.82) is 0 Å². The van der Waals surface area contributed by atoms with E-state index in [2.05, 4.69) is 29.2 Å². The summed E-state index contributed by atoms with van der Waals surface area (Å²) in [6, 6.07) is 15.3. The van der Waals surface area contributed by atoms with E-state index in [0.717, 1.165) is 13.1 Å². The standard InChI is InChI=1S/C18H20ClFN2.ClH/c19-16-7-6-14(18(20)8-16)10-22-11-15(9-21)17(12-22)13-4-2-1-3-5-13;/h1-8,15,17H,9-12,21H2;1H/t15-,17+;/m1./s1. The summed E-state index contributed by atoms with van der Waals surface area (Å²) in [6.45, 7) is 3.06. The van der Waals surface area contributed by atoms with E-state index >= 15 is 0 Å². The fourth-order valence-electron chi connectivity index (χ4n) is 3.30. The molecule has 2 aromatic carbocycles. The average molecular weight is 355 g/mol. The van der Waals surface area contributed by atoms with Crippen LogP contribution in [0.2, 0.25) is 5.02 Å². The lowest BCUT2D eigenvalue weighted by molar-refractivity contribution is 0.311. The smallest absolute Gasteiger partial charge is 0.129 e. The van der Waals surface area contributed by atoms with Gasteiger partial charge in [0.25, 0.3) is 0 Å². The highest BCUT2D eigenvalue weighted by Crippen LogP contribution is 2.33. The summed E-state index contributed by atoms with van der Waals surface area (Å²) in [5.41, 5.74) is 7.95. The van der Waals surface area contributed by atoms with Gasteiger partial charge in [0, 0.05) is 36.1 Å². The molecule has 124 valence electrons. The van der Waals surface area contributed by atoms with Gasteiger partial charge >= 0.3 is 0 Å². The Kier molecular flexibility index (Phi) is 6.42. The Morgan fingerprint density at radius 2 is 1.87 bits per heavy atom. The summed E-state index contributed by atoms with van der Waals surface area (Å²) in [5.74, 6) is 0.597. The monoisotopic (exact) mass is 354 g/mol. The normalized spacial score (nSPS) is 21.2. The molecule has 2 atom stereocenters. The first kappa shape index (κ1) is 18.2. The quantitative estimate of drug-likeness (QED) is 0.896. The van der Waals surface area contributed by atoms with Crippen molar-refractivity contribution in [3.05, 3.63) is 70.5 Å². The topological polar surface area (TPSA) is 29.3 Å². The molecule has 0 amide bonds. The fraction of sp³-hybridized carbons (Fsp3) is 0.333. The van der Waals surface area contributed by atoms with Crippen molar-refractivity contribution in [2.75, 3.05) is 19.6 Å². The van der Waals surface area contributed by atoms with E-state index in [1.807, 2.05) is 6.07 Å². The van der Waals surface area contributed by atoms with E-state index in [0.29, 0.717) is 35.5 Å². The first-order valence-corrected chi connectivity index (χ1v) is 7.96. The summed E-state index contributed by atoms with van der Waals surface area (Å²) in [5, 5.41) is 0.435. The minimum atomic E-state index is -0.236. The first-order chi connectivity index (χ1) is 10.7. The molecule has 23 heavy (non-hydrogen) atoms. The molecule has 0 saturated carbocycles. The second-order valence-corrected chi connectivity index (χ2v) is 6.38. The number of halogens is 3. The molecule has 3 rings (SSSR count). The summed E-state index contributed by atoms with van der Waals surface area (Å²) in [4.78, 5) is 2.28. The summed E-state index contributed by atoms with van der Waals surface area (Å²) < 4.78 is 14.0. The first-order valence-electron chi connectivity index (χ1n) is 7.58. The molecule has 2 nitrogen and oxygen atoms in total. The molecular weight excluding hydrogens is 334 g/mol. The predicted molar refractivity (Wildman–Crippen MR) is 95.7 cm³/mol. The maximum Gasteiger partial charge on any atom is 0.129 e. The van der Waals surface area contributed by atoms with Crippen LogP contribution in [0.3, 0.4) is 0 Å². The second kappa shape index (κ2) is 8.11. The van der Waals surface area contributed by atoms with Gasteiger partial charge in [-0.25, -0.2) is 4.39 Å². The zero-order valence-electron chi connectivity index (χ0n) is 12.8. The van der Waals surface area contributed by atoms with Gasteiger partial charge in [-0.05, 0) is 30.2 Å². The summed E-state index contributed by atoms with van der Waals surface area (Å²) >= 11 is 5.81. The van der Waals surface area contributed by atoms with Gasteiger partial charge in [0.1, 0.15) is 5.82 Å². The third kappa shape index (κ3) is 4.24. The molecule has 2 aromatic rings. The number of nitrogens with two attached hydrogens (primary N) is 1. The molecule has 1 fully saturated rings. The van der Waals surface area contributed by atoms with Crippen LogP contribution in [-0.4, -0.2) is 24.5 Å². The van der Waals surface area contributed by atoms with E-state index in [-0.39, 0.29) is 18.2 Å². The van der Waals surface area contributed by atoms with Crippen LogP contribution in [0, 0.1) is 11.7 Å². The molecular formula is C18H21Cl2FN2. The molecule has 1 saturated heterocycles. The van der Waals surface area contributed by atoms with Gasteiger partial charge in [-0.3, -0.25) is 4.90 Å². The largest absolute Gasteiger partial charge is 0.330 e. The van der Waals surface area contributed by atoms with Crippen molar-refractivity contribution in [1.82, 2.24) is 4.90 Å². The summed E-state index contributed by atoms with van der Waals surface area (Å²) in [7, 11) is 0. The van der Waals surface area contributed by atoms with E-state index in [1.165, 1.54) is 11.6 Å². The molecule has 1 aliphatic heterocycles. The molecule has 2 N–H and O–H groups in total. The van der Waals surface area contributed by atoms with Gasteiger partial charge < -0.3 is 5.73 Å². The SMILES string of the molecule is Cl.NC[C@@H]1CN(Cc2ccc(Cl)cc2F)C[C@H]1c1ccccc1. The van der Waals surface area contributed by atoms with E-state index < -0.39 is 0 Å². The van der Waals surface area contributed by atoms with E-state index in [1.54, 1.807) is 12.1 Å². The Balaban J connectivity index is 0.00000192. The average Bonchev–Trinajstić information content (AvgIpc) is 2.94. The van der Waals surface area contributed by atoms with Crippen LogP contribution >= 0.6 is 24.0 Å². The van der Waals surface area contributed by atoms with Crippen molar-refractivity contribution in [2.45, 2.75) is 12.5 Å². The van der Waals surface area contributed by atoms with Crippen LogP contribution in [0.5, 0.6) is 0 Å². The zero-order chi connectivity index (χ0) is 15.5. The van der Waals surface area contributed by atoms with Crippen LogP contribution in [0.15, 0.2) is 48.5 Å². The number of hydrogen-bond donors (Lipinski definition) is 1. The van der Waals surface area contributed by atoms with E-state index in [4.69, 9.17) is 17.3 Å². The van der Waals surface area contributed by atoms with Crippen LogP contribution in [0.4, 0.5) is 4.39 Å². The zero-order valence-corrected chi connectivity index (χ0v) is 14.4. The maximum atomic E-state index is 14.0. The molecule has 1 heterocycles. The lowest BCUT2D eigenvalue weighted by Crippen LogP contribution is -2.23. The number of hydrogen-bond acceptors (Lipinski definition) is 2. The van der Waals surface area contributed by atoms with Gasteiger partial charge in [-0.1, -0.05) is 48.0 Å². The van der Waals surface area contributed by atoms with Gasteiger partial charge in [-0.2, -0.15) is 0 Å². The second-order valence-electron chi connectivity index (χ2n) is 5.94. The van der Waals surface area contributed by atoms with Crippen LogP contribution in [0.25, 0.3) is 0 Å². The highest BCUT2D eigenvalue weighted by atomic mass is 35.5. The van der Waals surface area contributed by atoms with Crippen molar-refractivity contribution in [2.24, 2.45) is 11.7 Å². The Morgan fingerprint density at radius 3 is 2.52 bits per heavy atom. The van der Waals surface area contributed by atoms with Crippen molar-refractivity contribution < 1.29 is 4.39 Å². The predicted octanol–water partition coefficient (Wildman–Crippen LogP) is 4.08. The Bertz CT molecular complexity index is 636. The molecule has 0 aromatic heterocycles. The van der Waals surface area contributed by atoms with Crippen LogP contribution in [0.1, 0.15) is 17.0 Å². The third-order valence-electron chi connectivity index (χ3n) is 4.46. The Labute approximate surface area is 147 Å².